The fourth-order valence-electron chi connectivity index (χ4n) is 3.08. The Hall–Kier alpha value is -2.37. The first-order chi connectivity index (χ1) is 12.7. The van der Waals surface area contributed by atoms with Crippen LogP contribution in [-0.4, -0.2) is 44.2 Å². The lowest BCUT2D eigenvalue weighted by molar-refractivity contribution is 0.0342. The minimum Gasteiger partial charge on any atom is -0.497 e. The Bertz CT molecular complexity index is 724. The largest absolute Gasteiger partial charge is 0.497 e. The number of benzene rings is 2. The topological polar surface area (TPSA) is 50.8 Å². The standard InChI is InChI=1S/C21H26N2O3/c1-16(18-6-8-20(25-2)9-7-18)22-21(24)19-5-3-4-17(14-19)15-23-10-12-26-13-11-23/h3-9,14,16H,10-13,15H2,1-2H3,(H,22,24)/t16-/m1/s1. The molecule has 138 valence electrons. The van der Waals surface area contributed by atoms with E-state index in [9.17, 15) is 4.79 Å². The van der Waals surface area contributed by atoms with Crippen molar-refractivity contribution < 1.29 is 14.3 Å². The normalized spacial score (nSPS) is 16.1. The molecule has 1 fully saturated rings. The Morgan fingerprint density at radius 1 is 1.19 bits per heavy atom. The van der Waals surface area contributed by atoms with Crippen LogP contribution in [-0.2, 0) is 11.3 Å². The molecule has 1 N–H and O–H groups in total. The molecule has 0 bridgehead atoms. The lowest BCUT2D eigenvalue weighted by atomic mass is 10.1. The van der Waals surface area contributed by atoms with Crippen molar-refractivity contribution in [3.8, 4) is 5.75 Å². The van der Waals surface area contributed by atoms with Crippen LogP contribution >= 0.6 is 0 Å². The fourth-order valence-corrected chi connectivity index (χ4v) is 3.08. The van der Waals surface area contributed by atoms with E-state index in [1.54, 1.807) is 7.11 Å². The number of carbonyl (C=O) groups is 1. The summed E-state index contributed by atoms with van der Waals surface area (Å²) < 4.78 is 10.6. The molecule has 1 saturated heterocycles. The molecule has 0 spiro atoms. The van der Waals surface area contributed by atoms with Gasteiger partial charge in [-0.1, -0.05) is 24.3 Å². The van der Waals surface area contributed by atoms with Crippen molar-refractivity contribution in [1.29, 1.82) is 0 Å². The zero-order valence-corrected chi connectivity index (χ0v) is 15.4. The van der Waals surface area contributed by atoms with Crippen molar-refractivity contribution in [2.75, 3.05) is 33.4 Å². The molecular weight excluding hydrogens is 328 g/mol. The van der Waals surface area contributed by atoms with E-state index in [0.29, 0.717) is 5.56 Å². The van der Waals surface area contributed by atoms with Gasteiger partial charge in [-0.05, 0) is 42.3 Å². The highest BCUT2D eigenvalue weighted by Gasteiger charge is 2.14. The summed E-state index contributed by atoms with van der Waals surface area (Å²) in [7, 11) is 1.64. The smallest absolute Gasteiger partial charge is 0.251 e. The van der Waals surface area contributed by atoms with Crippen LogP contribution < -0.4 is 10.1 Å². The minimum absolute atomic E-state index is 0.0582. The summed E-state index contributed by atoms with van der Waals surface area (Å²) in [5, 5.41) is 3.07. The number of methoxy groups -OCH3 is 1. The third kappa shape index (κ3) is 4.84. The first kappa shape index (κ1) is 18.4. The second kappa shape index (κ2) is 8.83. The van der Waals surface area contributed by atoms with Gasteiger partial charge in [0.2, 0.25) is 0 Å². The number of hydrogen-bond acceptors (Lipinski definition) is 4. The van der Waals surface area contributed by atoms with Gasteiger partial charge >= 0.3 is 0 Å². The Morgan fingerprint density at radius 2 is 1.92 bits per heavy atom. The predicted octanol–water partition coefficient (Wildman–Crippen LogP) is 3.02. The average Bonchev–Trinajstić information content (AvgIpc) is 2.69. The van der Waals surface area contributed by atoms with Crippen LogP contribution in [0.5, 0.6) is 5.75 Å². The second-order valence-corrected chi connectivity index (χ2v) is 6.56. The van der Waals surface area contributed by atoms with Crippen LogP contribution in [0.1, 0.15) is 34.5 Å². The maximum absolute atomic E-state index is 12.6. The SMILES string of the molecule is COc1ccc([C@@H](C)NC(=O)c2cccc(CN3CCOCC3)c2)cc1. The van der Waals surface area contributed by atoms with E-state index in [1.165, 1.54) is 0 Å². The molecule has 0 aromatic heterocycles. The number of ether oxygens (including phenoxy) is 2. The van der Waals surface area contributed by atoms with E-state index < -0.39 is 0 Å². The Morgan fingerprint density at radius 3 is 2.62 bits per heavy atom. The van der Waals surface area contributed by atoms with Crippen molar-refractivity contribution in [3.63, 3.8) is 0 Å². The summed E-state index contributed by atoms with van der Waals surface area (Å²) in [4.78, 5) is 15.0. The van der Waals surface area contributed by atoms with E-state index in [4.69, 9.17) is 9.47 Å². The molecule has 0 radical (unpaired) electrons. The van der Waals surface area contributed by atoms with Gasteiger partial charge in [0.05, 0.1) is 26.4 Å². The van der Waals surface area contributed by atoms with Crippen molar-refractivity contribution in [1.82, 2.24) is 10.2 Å². The van der Waals surface area contributed by atoms with Gasteiger partial charge in [0.15, 0.2) is 0 Å². The lowest BCUT2D eigenvalue weighted by Gasteiger charge is -2.26. The molecule has 1 amide bonds. The molecule has 5 heteroatoms. The average molecular weight is 354 g/mol. The van der Waals surface area contributed by atoms with Crippen LogP contribution in [0.2, 0.25) is 0 Å². The van der Waals surface area contributed by atoms with Crippen LogP contribution in [0, 0.1) is 0 Å². The number of rotatable bonds is 6. The molecule has 2 aromatic rings. The minimum atomic E-state index is -0.0729. The zero-order valence-electron chi connectivity index (χ0n) is 15.4. The van der Waals surface area contributed by atoms with E-state index in [-0.39, 0.29) is 11.9 Å². The summed E-state index contributed by atoms with van der Waals surface area (Å²) in [5.74, 6) is 0.750. The van der Waals surface area contributed by atoms with E-state index in [1.807, 2.05) is 49.4 Å². The summed E-state index contributed by atoms with van der Waals surface area (Å²) >= 11 is 0. The summed E-state index contributed by atoms with van der Waals surface area (Å²) in [6.45, 7) is 6.25. The second-order valence-electron chi connectivity index (χ2n) is 6.56. The lowest BCUT2D eigenvalue weighted by Crippen LogP contribution is -2.35. The van der Waals surface area contributed by atoms with Gasteiger partial charge in [-0.15, -0.1) is 0 Å². The van der Waals surface area contributed by atoms with Crippen LogP contribution in [0.25, 0.3) is 0 Å². The first-order valence-electron chi connectivity index (χ1n) is 8.99. The highest BCUT2D eigenvalue weighted by Crippen LogP contribution is 2.18. The molecule has 1 atom stereocenters. The molecule has 2 aromatic carbocycles. The highest BCUT2D eigenvalue weighted by atomic mass is 16.5. The predicted molar refractivity (Wildman–Crippen MR) is 101 cm³/mol. The third-order valence-electron chi connectivity index (χ3n) is 4.66. The Kier molecular flexibility index (Phi) is 6.26. The van der Waals surface area contributed by atoms with Gasteiger partial charge in [-0.2, -0.15) is 0 Å². The molecule has 0 unspecified atom stereocenters. The van der Waals surface area contributed by atoms with E-state index in [2.05, 4.69) is 16.3 Å². The Balaban J connectivity index is 1.62. The number of nitrogens with zero attached hydrogens (tertiary/aromatic N) is 1. The highest BCUT2D eigenvalue weighted by molar-refractivity contribution is 5.94. The fraction of sp³-hybridized carbons (Fsp3) is 0.381. The van der Waals surface area contributed by atoms with Gasteiger partial charge in [0.1, 0.15) is 5.75 Å². The third-order valence-corrected chi connectivity index (χ3v) is 4.66. The maximum Gasteiger partial charge on any atom is 0.251 e. The molecular formula is C21H26N2O3. The Labute approximate surface area is 154 Å². The summed E-state index contributed by atoms with van der Waals surface area (Å²) in [6, 6.07) is 15.5. The molecule has 3 rings (SSSR count). The zero-order chi connectivity index (χ0) is 18.4. The molecule has 5 nitrogen and oxygen atoms in total. The van der Waals surface area contributed by atoms with E-state index >= 15 is 0 Å². The van der Waals surface area contributed by atoms with Crippen molar-refractivity contribution >= 4 is 5.91 Å². The number of amides is 1. The molecule has 1 aliphatic heterocycles. The molecule has 1 heterocycles. The molecule has 0 aliphatic carbocycles. The van der Waals surface area contributed by atoms with Crippen LogP contribution in [0.15, 0.2) is 48.5 Å². The molecule has 1 aliphatic rings. The molecule has 0 saturated carbocycles. The van der Waals surface area contributed by atoms with Gasteiger partial charge in [-0.25, -0.2) is 0 Å². The number of morpholine rings is 1. The summed E-state index contributed by atoms with van der Waals surface area (Å²) in [5.41, 5.74) is 2.89. The number of hydrogen-bond donors (Lipinski definition) is 1. The van der Waals surface area contributed by atoms with E-state index in [0.717, 1.165) is 49.7 Å². The van der Waals surface area contributed by atoms with Gasteiger partial charge < -0.3 is 14.8 Å². The van der Waals surface area contributed by atoms with Crippen LogP contribution in [0.4, 0.5) is 0 Å². The van der Waals surface area contributed by atoms with Crippen molar-refractivity contribution in [3.05, 3.63) is 65.2 Å². The quantitative estimate of drug-likeness (QED) is 0.866. The molecule has 26 heavy (non-hydrogen) atoms. The monoisotopic (exact) mass is 354 g/mol. The maximum atomic E-state index is 12.6. The first-order valence-corrected chi connectivity index (χ1v) is 8.99. The number of nitrogens with one attached hydrogen (secondary N) is 1. The summed E-state index contributed by atoms with van der Waals surface area (Å²) in [6.07, 6.45) is 0. The van der Waals surface area contributed by atoms with Gasteiger partial charge in [0.25, 0.3) is 5.91 Å². The van der Waals surface area contributed by atoms with Crippen LogP contribution in [0.3, 0.4) is 0 Å². The van der Waals surface area contributed by atoms with Crippen molar-refractivity contribution in [2.24, 2.45) is 0 Å². The van der Waals surface area contributed by atoms with Gasteiger partial charge in [-0.3, -0.25) is 9.69 Å². The van der Waals surface area contributed by atoms with Crippen molar-refractivity contribution in [2.45, 2.75) is 19.5 Å². The number of carbonyl (C=O) groups excluding carboxylic acids is 1. The van der Waals surface area contributed by atoms with Gasteiger partial charge in [0, 0.05) is 25.2 Å².